The Morgan fingerprint density at radius 2 is 2.14 bits per heavy atom. The number of hydrogen-bond acceptors (Lipinski definition) is 5. The molecule has 21 heavy (non-hydrogen) atoms. The third-order valence-corrected chi connectivity index (χ3v) is 4.74. The van der Waals surface area contributed by atoms with Crippen LogP contribution < -0.4 is 4.72 Å². The van der Waals surface area contributed by atoms with E-state index in [-0.39, 0.29) is 11.5 Å². The molecule has 2 aromatic heterocycles. The molecule has 0 unspecified atom stereocenters. The lowest BCUT2D eigenvalue weighted by molar-refractivity contribution is 0.174. The van der Waals surface area contributed by atoms with E-state index in [0.29, 0.717) is 17.1 Å². The van der Waals surface area contributed by atoms with Crippen LogP contribution in [0.2, 0.25) is 0 Å². The second-order valence-electron chi connectivity index (χ2n) is 4.65. The van der Waals surface area contributed by atoms with Crippen LogP contribution in [-0.2, 0) is 14.8 Å². The third kappa shape index (κ3) is 3.46. The maximum Gasteiger partial charge on any atom is 0.244 e. The molecule has 0 aliphatic rings. The van der Waals surface area contributed by atoms with Gasteiger partial charge in [0.25, 0.3) is 0 Å². The number of nitrogens with zero attached hydrogens (tertiary/aromatic N) is 2. The number of sulfonamides is 1. The van der Waals surface area contributed by atoms with Crippen molar-refractivity contribution in [1.82, 2.24) is 19.9 Å². The van der Waals surface area contributed by atoms with Gasteiger partial charge in [-0.25, -0.2) is 8.42 Å². The molecule has 2 N–H and O–H groups in total. The summed E-state index contributed by atoms with van der Waals surface area (Å²) in [5.74, 6) is 0. The number of methoxy groups -OCH3 is 1. The molecule has 0 aromatic carbocycles. The Hall–Kier alpha value is -1.77. The Labute approximate surface area is 123 Å². The van der Waals surface area contributed by atoms with Crippen molar-refractivity contribution in [2.45, 2.75) is 24.8 Å². The van der Waals surface area contributed by atoms with Gasteiger partial charge < -0.3 is 4.74 Å². The molecule has 0 radical (unpaired) electrons. The zero-order valence-electron chi connectivity index (χ0n) is 12.1. The van der Waals surface area contributed by atoms with Crippen molar-refractivity contribution in [3.63, 3.8) is 0 Å². The lowest BCUT2D eigenvalue weighted by atomic mass is 10.2. The summed E-state index contributed by atoms with van der Waals surface area (Å²) in [6, 6.07) is 4.76. The van der Waals surface area contributed by atoms with Crippen molar-refractivity contribution in [3.8, 4) is 0 Å². The van der Waals surface area contributed by atoms with Crippen LogP contribution in [0.25, 0.3) is 0 Å². The molecule has 2 rings (SSSR count). The SMILES string of the molecule is COC[C@@H](NS(=O)(=O)c1c(C)n[nH]c1C)c1ccccn1. The molecule has 8 heteroatoms. The van der Waals surface area contributed by atoms with E-state index in [4.69, 9.17) is 4.74 Å². The van der Waals surface area contributed by atoms with Gasteiger partial charge >= 0.3 is 0 Å². The van der Waals surface area contributed by atoms with Crippen LogP contribution in [0, 0.1) is 13.8 Å². The zero-order valence-corrected chi connectivity index (χ0v) is 12.9. The van der Waals surface area contributed by atoms with Crippen LogP contribution in [-0.4, -0.2) is 37.3 Å². The van der Waals surface area contributed by atoms with Crippen LogP contribution in [0.15, 0.2) is 29.3 Å². The molecule has 2 heterocycles. The number of hydrogen-bond donors (Lipinski definition) is 2. The molecule has 0 saturated heterocycles. The number of pyridine rings is 1. The average molecular weight is 310 g/mol. The van der Waals surface area contributed by atoms with Crippen LogP contribution >= 0.6 is 0 Å². The minimum Gasteiger partial charge on any atom is -0.383 e. The number of H-pyrrole nitrogens is 1. The van der Waals surface area contributed by atoms with E-state index in [1.807, 2.05) is 0 Å². The fraction of sp³-hybridized carbons (Fsp3) is 0.385. The lowest BCUT2D eigenvalue weighted by Crippen LogP contribution is -2.32. The molecule has 114 valence electrons. The van der Waals surface area contributed by atoms with Gasteiger partial charge in [-0.2, -0.15) is 9.82 Å². The molecule has 1 atom stereocenters. The first-order valence-electron chi connectivity index (χ1n) is 6.39. The number of nitrogens with one attached hydrogen (secondary N) is 2. The third-order valence-electron chi connectivity index (χ3n) is 3.00. The van der Waals surface area contributed by atoms with Gasteiger partial charge in [-0.1, -0.05) is 6.07 Å². The monoisotopic (exact) mass is 310 g/mol. The Bertz CT molecular complexity index is 678. The number of aromatic amines is 1. The van der Waals surface area contributed by atoms with Gasteiger partial charge in [0.2, 0.25) is 10.0 Å². The van der Waals surface area contributed by atoms with E-state index in [9.17, 15) is 8.42 Å². The van der Waals surface area contributed by atoms with Crippen molar-refractivity contribution in [2.75, 3.05) is 13.7 Å². The van der Waals surface area contributed by atoms with Gasteiger partial charge in [-0.15, -0.1) is 0 Å². The van der Waals surface area contributed by atoms with Crippen molar-refractivity contribution >= 4 is 10.0 Å². The topological polar surface area (TPSA) is 97.0 Å². The molecule has 0 bridgehead atoms. The van der Waals surface area contributed by atoms with Gasteiger partial charge in [0.1, 0.15) is 4.90 Å². The summed E-state index contributed by atoms with van der Waals surface area (Å²) < 4.78 is 32.8. The van der Waals surface area contributed by atoms with Crippen molar-refractivity contribution < 1.29 is 13.2 Å². The zero-order chi connectivity index (χ0) is 15.5. The fourth-order valence-corrected chi connectivity index (χ4v) is 3.68. The first-order valence-corrected chi connectivity index (χ1v) is 7.87. The first-order chi connectivity index (χ1) is 9.95. The second-order valence-corrected chi connectivity index (χ2v) is 6.30. The minimum atomic E-state index is -3.71. The first kappa shape index (κ1) is 15.6. The summed E-state index contributed by atoms with van der Waals surface area (Å²) in [6.45, 7) is 3.50. The lowest BCUT2D eigenvalue weighted by Gasteiger charge is -2.17. The highest BCUT2D eigenvalue weighted by molar-refractivity contribution is 7.89. The van der Waals surface area contributed by atoms with Crippen molar-refractivity contribution in [3.05, 3.63) is 41.5 Å². The molecule has 0 amide bonds. The molecule has 0 aliphatic heterocycles. The molecule has 0 aliphatic carbocycles. The highest BCUT2D eigenvalue weighted by atomic mass is 32.2. The molecular weight excluding hydrogens is 292 g/mol. The predicted octanol–water partition coefficient (Wildman–Crippen LogP) is 1.09. The largest absolute Gasteiger partial charge is 0.383 e. The van der Waals surface area contributed by atoms with Gasteiger partial charge in [-0.3, -0.25) is 10.1 Å². The molecule has 0 saturated carbocycles. The quantitative estimate of drug-likeness (QED) is 0.832. The normalized spacial score (nSPS) is 13.3. The van der Waals surface area contributed by atoms with Gasteiger partial charge in [0, 0.05) is 13.3 Å². The van der Waals surface area contributed by atoms with E-state index in [1.54, 1.807) is 38.2 Å². The van der Waals surface area contributed by atoms with Crippen LogP contribution in [0.1, 0.15) is 23.1 Å². The molecule has 0 fully saturated rings. The smallest absolute Gasteiger partial charge is 0.244 e. The van der Waals surface area contributed by atoms with Crippen LogP contribution in [0.3, 0.4) is 0 Å². The summed E-state index contributed by atoms with van der Waals surface area (Å²) in [5.41, 5.74) is 1.52. The van der Waals surface area contributed by atoms with E-state index in [1.165, 1.54) is 7.11 Å². The molecule has 7 nitrogen and oxygen atoms in total. The summed E-state index contributed by atoms with van der Waals surface area (Å²) in [4.78, 5) is 4.34. The average Bonchev–Trinajstić information content (AvgIpc) is 2.79. The van der Waals surface area contributed by atoms with Gasteiger partial charge in [0.05, 0.1) is 29.7 Å². The Morgan fingerprint density at radius 1 is 1.38 bits per heavy atom. The summed E-state index contributed by atoms with van der Waals surface area (Å²) in [7, 11) is -2.20. The number of aryl methyl sites for hydroxylation is 2. The van der Waals surface area contributed by atoms with Crippen LogP contribution in [0.5, 0.6) is 0 Å². The van der Waals surface area contributed by atoms with Crippen molar-refractivity contribution in [2.24, 2.45) is 0 Å². The van der Waals surface area contributed by atoms with E-state index in [0.717, 1.165) is 0 Å². The highest BCUT2D eigenvalue weighted by Gasteiger charge is 2.26. The van der Waals surface area contributed by atoms with Crippen LogP contribution in [0.4, 0.5) is 0 Å². The van der Waals surface area contributed by atoms with Gasteiger partial charge in [0.15, 0.2) is 0 Å². The highest BCUT2D eigenvalue weighted by Crippen LogP contribution is 2.20. The minimum absolute atomic E-state index is 0.166. The second kappa shape index (κ2) is 6.33. The molecular formula is C13H18N4O3S. The van der Waals surface area contributed by atoms with E-state index >= 15 is 0 Å². The Balaban J connectivity index is 2.33. The number of ether oxygens (including phenoxy) is 1. The summed E-state index contributed by atoms with van der Waals surface area (Å²) >= 11 is 0. The number of aromatic nitrogens is 3. The summed E-state index contributed by atoms with van der Waals surface area (Å²) in [6.07, 6.45) is 1.61. The standard InChI is InChI=1S/C13H18N4O3S/c1-9-13(10(2)16-15-9)21(18,19)17-12(8-20-3)11-6-4-5-7-14-11/h4-7,12,17H,8H2,1-3H3,(H,15,16)/t12-/m1/s1. The van der Waals surface area contributed by atoms with Gasteiger partial charge in [-0.05, 0) is 26.0 Å². The maximum absolute atomic E-state index is 12.5. The number of rotatable bonds is 6. The maximum atomic E-state index is 12.5. The Kier molecular flexibility index (Phi) is 4.71. The van der Waals surface area contributed by atoms with E-state index in [2.05, 4.69) is 19.9 Å². The predicted molar refractivity (Wildman–Crippen MR) is 77.2 cm³/mol. The van der Waals surface area contributed by atoms with E-state index < -0.39 is 16.1 Å². The molecule has 0 spiro atoms. The Morgan fingerprint density at radius 3 is 2.67 bits per heavy atom. The summed E-state index contributed by atoms with van der Waals surface area (Å²) in [5, 5.41) is 6.59. The fourth-order valence-electron chi connectivity index (χ4n) is 2.11. The van der Waals surface area contributed by atoms with Crippen molar-refractivity contribution in [1.29, 1.82) is 0 Å². The molecule has 2 aromatic rings.